The lowest BCUT2D eigenvalue weighted by molar-refractivity contribution is -0.111. The van der Waals surface area contributed by atoms with Crippen molar-refractivity contribution in [1.82, 2.24) is 5.32 Å². The molecule has 0 saturated heterocycles. The highest BCUT2D eigenvalue weighted by molar-refractivity contribution is 6.02. The number of carbonyl (C=O) groups is 2. The van der Waals surface area contributed by atoms with Gasteiger partial charge < -0.3 is 20.1 Å². The molecule has 0 bridgehead atoms. The Balaban J connectivity index is 2.08. The standard InChI is InChI=1S/C22H26N2O4/c1-14(2)23-22(26)20-8-7-17(10-15(20)3)24-21(25)9-6-16-11-18(27-4)13-19(12-16)28-5/h6-14H,1-5H3,(H,23,26)(H,24,25). The van der Waals surface area contributed by atoms with Gasteiger partial charge in [0.25, 0.3) is 5.91 Å². The molecule has 0 aromatic heterocycles. The molecule has 2 rings (SSSR count). The van der Waals surface area contributed by atoms with Gasteiger partial charge in [0.15, 0.2) is 0 Å². The number of amides is 2. The molecule has 2 aromatic carbocycles. The highest BCUT2D eigenvalue weighted by Gasteiger charge is 2.11. The van der Waals surface area contributed by atoms with Crippen LogP contribution in [0, 0.1) is 6.92 Å². The molecule has 0 aliphatic carbocycles. The van der Waals surface area contributed by atoms with Crippen molar-refractivity contribution in [2.24, 2.45) is 0 Å². The van der Waals surface area contributed by atoms with Crippen molar-refractivity contribution in [3.05, 3.63) is 59.2 Å². The van der Waals surface area contributed by atoms with E-state index in [9.17, 15) is 9.59 Å². The van der Waals surface area contributed by atoms with Crippen LogP contribution in [0.3, 0.4) is 0 Å². The minimum absolute atomic E-state index is 0.0617. The Morgan fingerprint density at radius 1 is 1.00 bits per heavy atom. The number of carbonyl (C=O) groups excluding carboxylic acids is 2. The van der Waals surface area contributed by atoms with E-state index in [4.69, 9.17) is 9.47 Å². The molecule has 0 heterocycles. The van der Waals surface area contributed by atoms with Crippen molar-refractivity contribution in [3.8, 4) is 11.5 Å². The number of aryl methyl sites for hydroxylation is 1. The van der Waals surface area contributed by atoms with Crippen LogP contribution in [-0.4, -0.2) is 32.1 Å². The maximum atomic E-state index is 12.2. The molecule has 0 atom stereocenters. The molecule has 6 nitrogen and oxygen atoms in total. The molecular weight excluding hydrogens is 356 g/mol. The minimum atomic E-state index is -0.277. The quantitative estimate of drug-likeness (QED) is 0.714. The molecule has 0 saturated carbocycles. The fourth-order valence-corrected chi connectivity index (χ4v) is 2.62. The number of methoxy groups -OCH3 is 2. The van der Waals surface area contributed by atoms with Crippen LogP contribution in [0.4, 0.5) is 5.69 Å². The molecule has 0 aliphatic rings. The van der Waals surface area contributed by atoms with E-state index in [1.165, 1.54) is 6.08 Å². The average Bonchev–Trinajstić information content (AvgIpc) is 2.65. The van der Waals surface area contributed by atoms with Crippen LogP contribution in [0.15, 0.2) is 42.5 Å². The van der Waals surface area contributed by atoms with Crippen molar-refractivity contribution in [2.45, 2.75) is 26.8 Å². The molecule has 148 valence electrons. The molecule has 2 amide bonds. The van der Waals surface area contributed by atoms with E-state index in [1.807, 2.05) is 20.8 Å². The number of nitrogens with one attached hydrogen (secondary N) is 2. The van der Waals surface area contributed by atoms with E-state index in [0.29, 0.717) is 22.7 Å². The van der Waals surface area contributed by atoms with Gasteiger partial charge in [0.1, 0.15) is 11.5 Å². The first-order chi connectivity index (χ1) is 13.3. The van der Waals surface area contributed by atoms with Gasteiger partial charge in [0.05, 0.1) is 14.2 Å². The van der Waals surface area contributed by atoms with Gasteiger partial charge in [-0.15, -0.1) is 0 Å². The maximum absolute atomic E-state index is 12.2. The van der Waals surface area contributed by atoms with Crippen LogP contribution in [-0.2, 0) is 4.79 Å². The van der Waals surface area contributed by atoms with Crippen LogP contribution < -0.4 is 20.1 Å². The maximum Gasteiger partial charge on any atom is 0.251 e. The SMILES string of the molecule is COc1cc(C=CC(=O)Nc2ccc(C(=O)NC(C)C)c(C)c2)cc(OC)c1. The third-order valence-corrected chi connectivity index (χ3v) is 3.96. The smallest absolute Gasteiger partial charge is 0.251 e. The predicted molar refractivity (Wildman–Crippen MR) is 111 cm³/mol. The van der Waals surface area contributed by atoms with E-state index in [2.05, 4.69) is 10.6 Å². The predicted octanol–water partition coefficient (Wildman–Crippen LogP) is 3.80. The van der Waals surface area contributed by atoms with E-state index >= 15 is 0 Å². The lowest BCUT2D eigenvalue weighted by atomic mass is 10.1. The Morgan fingerprint density at radius 2 is 1.64 bits per heavy atom. The molecule has 0 unspecified atom stereocenters. The zero-order valence-corrected chi connectivity index (χ0v) is 16.8. The summed E-state index contributed by atoms with van der Waals surface area (Å²) in [4.78, 5) is 24.4. The largest absolute Gasteiger partial charge is 0.497 e. The second-order valence-electron chi connectivity index (χ2n) is 6.63. The lowest BCUT2D eigenvalue weighted by Crippen LogP contribution is -2.30. The van der Waals surface area contributed by atoms with Crippen molar-refractivity contribution in [2.75, 3.05) is 19.5 Å². The molecule has 2 N–H and O–H groups in total. The van der Waals surface area contributed by atoms with Crippen LogP contribution in [0.5, 0.6) is 11.5 Å². The minimum Gasteiger partial charge on any atom is -0.497 e. The summed E-state index contributed by atoms with van der Waals surface area (Å²) in [7, 11) is 3.14. The Hall–Kier alpha value is -3.28. The van der Waals surface area contributed by atoms with Gasteiger partial charge in [-0.2, -0.15) is 0 Å². The van der Waals surface area contributed by atoms with Gasteiger partial charge in [-0.05, 0) is 68.3 Å². The first-order valence-electron chi connectivity index (χ1n) is 8.96. The Kier molecular flexibility index (Phi) is 7.21. The summed E-state index contributed by atoms with van der Waals surface area (Å²) in [5.41, 5.74) is 2.78. The number of rotatable bonds is 7. The topological polar surface area (TPSA) is 76.7 Å². The molecule has 0 aliphatic heterocycles. The molecule has 0 fully saturated rings. The summed E-state index contributed by atoms with van der Waals surface area (Å²) in [6, 6.07) is 10.6. The number of anilines is 1. The van der Waals surface area contributed by atoms with Crippen LogP contribution in [0.2, 0.25) is 0 Å². The summed E-state index contributed by atoms with van der Waals surface area (Å²) in [6.45, 7) is 5.65. The molecule has 6 heteroatoms. The van der Waals surface area contributed by atoms with Gasteiger partial charge >= 0.3 is 0 Å². The summed E-state index contributed by atoms with van der Waals surface area (Å²) in [5.74, 6) is 0.883. The zero-order valence-electron chi connectivity index (χ0n) is 16.8. The Bertz CT molecular complexity index is 866. The van der Waals surface area contributed by atoms with Crippen LogP contribution in [0.25, 0.3) is 6.08 Å². The summed E-state index contributed by atoms with van der Waals surface area (Å²) >= 11 is 0. The summed E-state index contributed by atoms with van der Waals surface area (Å²) < 4.78 is 10.4. The van der Waals surface area contributed by atoms with Crippen molar-refractivity contribution in [3.63, 3.8) is 0 Å². The van der Waals surface area contributed by atoms with Crippen LogP contribution in [0.1, 0.15) is 35.3 Å². The first-order valence-corrected chi connectivity index (χ1v) is 8.96. The second-order valence-corrected chi connectivity index (χ2v) is 6.63. The number of benzene rings is 2. The first kappa shape index (κ1) is 21.0. The number of hydrogen-bond acceptors (Lipinski definition) is 4. The number of ether oxygens (including phenoxy) is 2. The van der Waals surface area contributed by atoms with E-state index < -0.39 is 0 Å². The van der Waals surface area contributed by atoms with E-state index in [1.54, 1.807) is 56.7 Å². The third-order valence-electron chi connectivity index (χ3n) is 3.96. The van der Waals surface area contributed by atoms with Crippen molar-refractivity contribution in [1.29, 1.82) is 0 Å². The third kappa shape index (κ3) is 5.87. The Morgan fingerprint density at radius 3 is 2.18 bits per heavy atom. The van der Waals surface area contributed by atoms with Gasteiger partial charge in [0.2, 0.25) is 5.91 Å². The van der Waals surface area contributed by atoms with E-state index in [0.717, 1.165) is 11.1 Å². The Labute approximate surface area is 165 Å². The van der Waals surface area contributed by atoms with Gasteiger partial charge in [0, 0.05) is 29.4 Å². The average molecular weight is 382 g/mol. The zero-order chi connectivity index (χ0) is 20.7. The lowest BCUT2D eigenvalue weighted by Gasteiger charge is -2.11. The molecule has 2 aromatic rings. The van der Waals surface area contributed by atoms with Crippen molar-refractivity contribution < 1.29 is 19.1 Å². The van der Waals surface area contributed by atoms with Gasteiger partial charge in [-0.3, -0.25) is 9.59 Å². The second kappa shape index (κ2) is 9.60. The summed E-state index contributed by atoms with van der Waals surface area (Å²) in [5, 5.41) is 5.66. The summed E-state index contributed by atoms with van der Waals surface area (Å²) in [6.07, 6.45) is 3.11. The molecule has 28 heavy (non-hydrogen) atoms. The fraction of sp³-hybridized carbons (Fsp3) is 0.273. The van der Waals surface area contributed by atoms with Gasteiger partial charge in [-0.25, -0.2) is 0 Å². The highest BCUT2D eigenvalue weighted by Crippen LogP contribution is 2.23. The normalized spacial score (nSPS) is 10.8. The van der Waals surface area contributed by atoms with E-state index in [-0.39, 0.29) is 17.9 Å². The van der Waals surface area contributed by atoms with Crippen molar-refractivity contribution >= 4 is 23.6 Å². The molecule has 0 spiro atoms. The van der Waals surface area contributed by atoms with Gasteiger partial charge in [-0.1, -0.05) is 0 Å². The fourth-order valence-electron chi connectivity index (χ4n) is 2.62. The highest BCUT2D eigenvalue weighted by atomic mass is 16.5. The molecule has 0 radical (unpaired) electrons. The monoisotopic (exact) mass is 382 g/mol. The number of hydrogen-bond donors (Lipinski definition) is 2. The molecular formula is C22H26N2O4. The van der Waals surface area contributed by atoms with Crippen LogP contribution >= 0.6 is 0 Å².